The zero-order chi connectivity index (χ0) is 13.5. The maximum Gasteiger partial charge on any atom is 0.159 e. The standard InChI is InChI=1S/C14H18N4O/c1-19-13-5-3-11(4-6-13)14-17-9-12(10-18-14)16-8-2-7-15/h3-6,9-10,16H,2,7-8,15H2,1H3. The summed E-state index contributed by atoms with van der Waals surface area (Å²) in [6, 6.07) is 7.67. The van der Waals surface area contributed by atoms with Gasteiger partial charge in [-0.25, -0.2) is 9.97 Å². The molecule has 0 spiro atoms. The van der Waals surface area contributed by atoms with Crippen molar-refractivity contribution in [2.45, 2.75) is 6.42 Å². The van der Waals surface area contributed by atoms with Crippen molar-refractivity contribution >= 4 is 5.69 Å². The molecule has 0 radical (unpaired) electrons. The van der Waals surface area contributed by atoms with E-state index in [1.54, 1.807) is 19.5 Å². The van der Waals surface area contributed by atoms with Crippen molar-refractivity contribution in [2.75, 3.05) is 25.5 Å². The molecule has 0 atom stereocenters. The lowest BCUT2D eigenvalue weighted by molar-refractivity contribution is 0.415. The first kappa shape index (κ1) is 13.3. The predicted molar refractivity (Wildman–Crippen MR) is 76.2 cm³/mol. The molecule has 1 heterocycles. The van der Waals surface area contributed by atoms with Crippen molar-refractivity contribution in [1.29, 1.82) is 0 Å². The highest BCUT2D eigenvalue weighted by atomic mass is 16.5. The maximum absolute atomic E-state index is 5.43. The van der Waals surface area contributed by atoms with Crippen molar-refractivity contribution in [2.24, 2.45) is 5.73 Å². The number of aromatic nitrogens is 2. The average Bonchev–Trinajstić information content (AvgIpc) is 2.48. The third-order valence-corrected chi connectivity index (χ3v) is 2.71. The second-order valence-corrected chi connectivity index (χ2v) is 4.09. The minimum atomic E-state index is 0.678. The smallest absolute Gasteiger partial charge is 0.159 e. The molecule has 3 N–H and O–H groups in total. The van der Waals surface area contributed by atoms with Crippen LogP contribution in [0.1, 0.15) is 6.42 Å². The Labute approximate surface area is 112 Å². The number of rotatable bonds is 6. The number of benzene rings is 1. The highest BCUT2D eigenvalue weighted by Crippen LogP contribution is 2.19. The van der Waals surface area contributed by atoms with E-state index in [-0.39, 0.29) is 0 Å². The lowest BCUT2D eigenvalue weighted by Crippen LogP contribution is -2.08. The van der Waals surface area contributed by atoms with Crippen LogP contribution < -0.4 is 15.8 Å². The largest absolute Gasteiger partial charge is 0.497 e. The maximum atomic E-state index is 5.43. The van der Waals surface area contributed by atoms with Crippen LogP contribution in [-0.2, 0) is 0 Å². The Morgan fingerprint density at radius 1 is 1.16 bits per heavy atom. The number of hydrogen-bond donors (Lipinski definition) is 2. The number of nitrogens with one attached hydrogen (secondary N) is 1. The van der Waals surface area contributed by atoms with Crippen LogP contribution in [0.4, 0.5) is 5.69 Å². The van der Waals surface area contributed by atoms with Crippen molar-refractivity contribution in [1.82, 2.24) is 9.97 Å². The molecule has 0 saturated carbocycles. The summed E-state index contributed by atoms with van der Waals surface area (Å²) < 4.78 is 5.12. The fourth-order valence-electron chi connectivity index (χ4n) is 1.64. The summed E-state index contributed by atoms with van der Waals surface area (Å²) >= 11 is 0. The topological polar surface area (TPSA) is 73.1 Å². The van der Waals surface area contributed by atoms with Crippen molar-refractivity contribution < 1.29 is 4.74 Å². The van der Waals surface area contributed by atoms with Gasteiger partial charge in [-0.15, -0.1) is 0 Å². The van der Waals surface area contributed by atoms with Crippen molar-refractivity contribution in [3.8, 4) is 17.1 Å². The van der Waals surface area contributed by atoms with E-state index in [1.807, 2.05) is 24.3 Å². The third kappa shape index (κ3) is 3.66. The van der Waals surface area contributed by atoms with E-state index in [2.05, 4.69) is 15.3 Å². The van der Waals surface area contributed by atoms with E-state index < -0.39 is 0 Å². The molecule has 0 unspecified atom stereocenters. The Morgan fingerprint density at radius 3 is 2.42 bits per heavy atom. The van der Waals surface area contributed by atoms with E-state index in [0.29, 0.717) is 12.4 Å². The molecule has 0 aliphatic carbocycles. The zero-order valence-electron chi connectivity index (χ0n) is 11.0. The summed E-state index contributed by atoms with van der Waals surface area (Å²) in [7, 11) is 1.65. The van der Waals surface area contributed by atoms with Crippen molar-refractivity contribution in [3.05, 3.63) is 36.7 Å². The third-order valence-electron chi connectivity index (χ3n) is 2.71. The molecule has 2 rings (SSSR count). The SMILES string of the molecule is COc1ccc(-c2ncc(NCCCN)cn2)cc1. The zero-order valence-corrected chi connectivity index (χ0v) is 11.0. The Morgan fingerprint density at radius 2 is 1.84 bits per heavy atom. The van der Waals surface area contributed by atoms with E-state index in [4.69, 9.17) is 10.5 Å². The monoisotopic (exact) mass is 258 g/mol. The van der Waals surface area contributed by atoms with Gasteiger partial charge in [0.15, 0.2) is 5.82 Å². The van der Waals surface area contributed by atoms with Gasteiger partial charge in [-0.05, 0) is 37.2 Å². The Balaban J connectivity index is 2.04. The molecule has 5 nitrogen and oxygen atoms in total. The summed E-state index contributed by atoms with van der Waals surface area (Å²) in [4.78, 5) is 8.67. The molecule has 2 aromatic rings. The van der Waals surface area contributed by atoms with Crippen LogP contribution in [0.15, 0.2) is 36.7 Å². The average molecular weight is 258 g/mol. The molecular weight excluding hydrogens is 240 g/mol. The lowest BCUT2D eigenvalue weighted by atomic mass is 10.2. The quantitative estimate of drug-likeness (QED) is 0.774. The number of methoxy groups -OCH3 is 1. The highest BCUT2D eigenvalue weighted by Gasteiger charge is 2.01. The van der Waals surface area contributed by atoms with E-state index in [1.165, 1.54) is 0 Å². The predicted octanol–water partition coefficient (Wildman–Crippen LogP) is 1.91. The molecular formula is C14H18N4O. The molecule has 0 amide bonds. The second kappa shape index (κ2) is 6.70. The van der Waals surface area contributed by atoms with Gasteiger partial charge in [0.05, 0.1) is 25.2 Å². The first-order valence-corrected chi connectivity index (χ1v) is 6.24. The fourth-order valence-corrected chi connectivity index (χ4v) is 1.64. The molecule has 0 fully saturated rings. The molecule has 1 aromatic carbocycles. The first-order valence-electron chi connectivity index (χ1n) is 6.24. The summed E-state index contributed by atoms with van der Waals surface area (Å²) in [5.74, 6) is 1.52. The van der Waals surface area contributed by atoms with E-state index in [0.717, 1.165) is 30.0 Å². The van der Waals surface area contributed by atoms with Crippen LogP contribution in [0.2, 0.25) is 0 Å². The second-order valence-electron chi connectivity index (χ2n) is 4.09. The van der Waals surface area contributed by atoms with Crippen LogP contribution in [-0.4, -0.2) is 30.2 Å². The van der Waals surface area contributed by atoms with Crippen LogP contribution in [0.5, 0.6) is 5.75 Å². The normalized spacial score (nSPS) is 10.2. The number of ether oxygens (including phenoxy) is 1. The molecule has 0 bridgehead atoms. The number of anilines is 1. The van der Waals surface area contributed by atoms with Crippen LogP contribution in [0.25, 0.3) is 11.4 Å². The number of hydrogen-bond acceptors (Lipinski definition) is 5. The minimum Gasteiger partial charge on any atom is -0.497 e. The highest BCUT2D eigenvalue weighted by molar-refractivity contribution is 5.57. The molecule has 19 heavy (non-hydrogen) atoms. The van der Waals surface area contributed by atoms with Crippen LogP contribution >= 0.6 is 0 Å². The van der Waals surface area contributed by atoms with Gasteiger partial charge >= 0.3 is 0 Å². The van der Waals surface area contributed by atoms with Gasteiger partial charge in [-0.2, -0.15) is 0 Å². The Bertz CT molecular complexity index is 496. The van der Waals surface area contributed by atoms with Gasteiger partial charge in [0, 0.05) is 12.1 Å². The minimum absolute atomic E-state index is 0.678. The molecule has 100 valence electrons. The fraction of sp³-hybridized carbons (Fsp3) is 0.286. The molecule has 0 saturated heterocycles. The summed E-state index contributed by atoms with van der Waals surface area (Å²) in [5.41, 5.74) is 7.31. The van der Waals surface area contributed by atoms with Crippen molar-refractivity contribution in [3.63, 3.8) is 0 Å². The van der Waals surface area contributed by atoms with Gasteiger partial charge in [-0.1, -0.05) is 0 Å². The first-order chi connectivity index (χ1) is 9.33. The van der Waals surface area contributed by atoms with Crippen LogP contribution in [0.3, 0.4) is 0 Å². The molecule has 1 aromatic heterocycles. The van der Waals surface area contributed by atoms with Gasteiger partial charge in [-0.3, -0.25) is 0 Å². The Hall–Kier alpha value is -2.14. The summed E-state index contributed by atoms with van der Waals surface area (Å²) in [6.45, 7) is 1.51. The van der Waals surface area contributed by atoms with Gasteiger partial charge < -0.3 is 15.8 Å². The van der Waals surface area contributed by atoms with Gasteiger partial charge in [0.1, 0.15) is 5.75 Å². The summed E-state index contributed by atoms with van der Waals surface area (Å²) in [5, 5.41) is 3.22. The number of nitrogens with zero attached hydrogens (tertiary/aromatic N) is 2. The van der Waals surface area contributed by atoms with Gasteiger partial charge in [0.2, 0.25) is 0 Å². The molecule has 5 heteroatoms. The van der Waals surface area contributed by atoms with Crippen LogP contribution in [0, 0.1) is 0 Å². The lowest BCUT2D eigenvalue weighted by Gasteiger charge is -2.06. The van der Waals surface area contributed by atoms with E-state index in [9.17, 15) is 0 Å². The molecule has 0 aliphatic heterocycles. The summed E-state index contributed by atoms with van der Waals surface area (Å²) in [6.07, 6.45) is 4.49. The van der Waals surface area contributed by atoms with E-state index >= 15 is 0 Å². The molecule has 0 aliphatic rings. The number of nitrogens with two attached hydrogens (primary N) is 1. The van der Waals surface area contributed by atoms with Gasteiger partial charge in [0.25, 0.3) is 0 Å². The Kier molecular flexibility index (Phi) is 4.69.